The number of piperidine rings is 1. The van der Waals surface area contributed by atoms with Gasteiger partial charge in [0.15, 0.2) is 5.65 Å². The van der Waals surface area contributed by atoms with Crippen LogP contribution in [0.2, 0.25) is 0 Å². The molecule has 9 heteroatoms. The Morgan fingerprint density at radius 1 is 1.24 bits per heavy atom. The van der Waals surface area contributed by atoms with Gasteiger partial charge >= 0.3 is 0 Å². The molecule has 0 radical (unpaired) electrons. The number of rotatable bonds is 4. The summed E-state index contributed by atoms with van der Waals surface area (Å²) in [5.74, 6) is 1.64. The second-order valence-electron chi connectivity index (χ2n) is 10.8. The first kappa shape index (κ1) is 23.5. The maximum Gasteiger partial charge on any atom is 0.229 e. The maximum absolute atomic E-state index is 13.7. The summed E-state index contributed by atoms with van der Waals surface area (Å²) < 4.78 is 1.88. The van der Waals surface area contributed by atoms with Crippen molar-refractivity contribution in [2.75, 3.05) is 31.1 Å². The number of aryl methyl sites for hydroxylation is 1. The summed E-state index contributed by atoms with van der Waals surface area (Å²) in [7, 11) is 0. The highest BCUT2D eigenvalue weighted by Crippen LogP contribution is 2.33. The summed E-state index contributed by atoms with van der Waals surface area (Å²) in [6.07, 6.45) is 6.41. The molecule has 2 aromatic heterocycles. The minimum absolute atomic E-state index is 0.00179. The Kier molecular flexibility index (Phi) is 6.52. The molecule has 0 saturated carbocycles. The molecular weight excluding hydrogens is 428 g/mol. The number of fused-ring (bicyclic) bond motifs is 1. The standard InChI is InChI=1S/C25H40N8O/c1-15(2)23-27-12-19(17(4)28-23)25(34)32-9-6-5-7-21(32)20-11-22-29-24(16(3)13-33(22)30-20)31-10-8-18(26)14-31/h11,13,15,17-19,21,23,27-28H,5-10,12,14,26H2,1-4H3/t17?,18-,19?,21-,23?/m0/s1. The topological polar surface area (TPSA) is 104 Å². The summed E-state index contributed by atoms with van der Waals surface area (Å²) >= 11 is 0. The molecule has 0 aliphatic carbocycles. The van der Waals surface area contributed by atoms with E-state index in [0.29, 0.717) is 12.5 Å². The largest absolute Gasteiger partial charge is 0.355 e. The lowest BCUT2D eigenvalue weighted by Gasteiger charge is -2.42. The summed E-state index contributed by atoms with van der Waals surface area (Å²) in [6, 6.07) is 2.43. The van der Waals surface area contributed by atoms with Crippen LogP contribution in [0.5, 0.6) is 0 Å². The van der Waals surface area contributed by atoms with Gasteiger partial charge in [0, 0.05) is 56.1 Å². The zero-order chi connectivity index (χ0) is 24.0. The van der Waals surface area contributed by atoms with Crippen molar-refractivity contribution in [3.8, 4) is 0 Å². The van der Waals surface area contributed by atoms with Crippen molar-refractivity contribution in [3.63, 3.8) is 0 Å². The van der Waals surface area contributed by atoms with Crippen LogP contribution in [-0.2, 0) is 4.79 Å². The zero-order valence-corrected chi connectivity index (χ0v) is 21.0. The summed E-state index contributed by atoms with van der Waals surface area (Å²) in [5.41, 5.74) is 9.01. The average Bonchev–Trinajstić information content (AvgIpc) is 3.43. The number of aromatic nitrogens is 3. The second kappa shape index (κ2) is 9.43. The number of amides is 1. The van der Waals surface area contributed by atoms with E-state index in [-0.39, 0.29) is 36.1 Å². The minimum Gasteiger partial charge on any atom is -0.355 e. The van der Waals surface area contributed by atoms with E-state index in [1.165, 1.54) is 0 Å². The minimum atomic E-state index is -0.0704. The van der Waals surface area contributed by atoms with Gasteiger partial charge in [-0.25, -0.2) is 9.50 Å². The molecule has 2 aromatic rings. The van der Waals surface area contributed by atoms with E-state index < -0.39 is 0 Å². The van der Waals surface area contributed by atoms with Gasteiger partial charge in [-0.3, -0.25) is 10.1 Å². The maximum atomic E-state index is 13.7. The Labute approximate surface area is 202 Å². The van der Waals surface area contributed by atoms with Gasteiger partial charge in [0.05, 0.1) is 23.8 Å². The number of nitrogens with one attached hydrogen (secondary N) is 2. The van der Waals surface area contributed by atoms with Crippen molar-refractivity contribution in [2.24, 2.45) is 17.6 Å². The Balaban J connectivity index is 1.38. The molecule has 5 heterocycles. The van der Waals surface area contributed by atoms with Crippen LogP contribution in [0.4, 0.5) is 5.82 Å². The van der Waals surface area contributed by atoms with Gasteiger partial charge in [-0.05, 0) is 45.4 Å². The van der Waals surface area contributed by atoms with Crippen molar-refractivity contribution in [2.45, 2.75) is 77.7 Å². The van der Waals surface area contributed by atoms with Crippen molar-refractivity contribution in [1.82, 2.24) is 30.1 Å². The number of hydrogen-bond acceptors (Lipinski definition) is 7. The number of nitrogens with two attached hydrogens (primary N) is 1. The molecule has 0 spiro atoms. The third kappa shape index (κ3) is 4.41. The molecule has 4 N–H and O–H groups in total. The van der Waals surface area contributed by atoms with Gasteiger partial charge in [0.25, 0.3) is 0 Å². The molecule has 3 unspecified atom stereocenters. The van der Waals surface area contributed by atoms with E-state index in [4.69, 9.17) is 15.8 Å². The normalized spacial score (nSPS) is 30.5. The highest BCUT2D eigenvalue weighted by molar-refractivity contribution is 5.80. The van der Waals surface area contributed by atoms with Crippen molar-refractivity contribution < 1.29 is 4.79 Å². The molecule has 3 fully saturated rings. The number of nitrogens with zero attached hydrogens (tertiary/aromatic N) is 5. The van der Waals surface area contributed by atoms with E-state index in [9.17, 15) is 4.79 Å². The monoisotopic (exact) mass is 468 g/mol. The lowest BCUT2D eigenvalue weighted by Crippen LogP contribution is -2.63. The Morgan fingerprint density at radius 2 is 2.06 bits per heavy atom. The van der Waals surface area contributed by atoms with Crippen LogP contribution in [0.15, 0.2) is 12.3 Å². The van der Waals surface area contributed by atoms with Gasteiger partial charge in [-0.2, -0.15) is 5.10 Å². The molecule has 3 aliphatic rings. The van der Waals surface area contributed by atoms with Crippen molar-refractivity contribution >= 4 is 17.4 Å². The van der Waals surface area contributed by atoms with Crippen LogP contribution < -0.4 is 21.3 Å². The third-order valence-electron chi connectivity index (χ3n) is 7.86. The molecule has 9 nitrogen and oxygen atoms in total. The van der Waals surface area contributed by atoms with Crippen molar-refractivity contribution in [3.05, 3.63) is 23.5 Å². The SMILES string of the molecule is Cc1cn2nc([C@@H]3CCCCN3C(=O)C3CNC(C(C)C)NC3C)cc2nc1N1CC[C@H](N)C1. The molecule has 0 aromatic carbocycles. The fourth-order valence-corrected chi connectivity index (χ4v) is 5.82. The van der Waals surface area contributed by atoms with E-state index in [1.807, 2.05) is 4.52 Å². The molecule has 186 valence electrons. The third-order valence-corrected chi connectivity index (χ3v) is 7.86. The molecular formula is C25H40N8O. The first-order valence-electron chi connectivity index (χ1n) is 13.0. The van der Waals surface area contributed by atoms with Crippen LogP contribution in [0.1, 0.15) is 63.8 Å². The first-order chi connectivity index (χ1) is 16.3. The molecule has 1 amide bonds. The average molecular weight is 469 g/mol. The van der Waals surface area contributed by atoms with Gasteiger partial charge in [0.2, 0.25) is 5.91 Å². The highest BCUT2D eigenvalue weighted by Gasteiger charge is 2.39. The summed E-state index contributed by atoms with van der Waals surface area (Å²) in [4.78, 5) is 23.0. The Bertz CT molecular complexity index is 1040. The highest BCUT2D eigenvalue weighted by atomic mass is 16.2. The number of likely N-dealkylation sites (tertiary alicyclic amines) is 1. The fourth-order valence-electron chi connectivity index (χ4n) is 5.82. The summed E-state index contributed by atoms with van der Waals surface area (Å²) in [5, 5.41) is 12.0. The number of carbonyl (C=O) groups excluding carboxylic acids is 1. The predicted octanol–water partition coefficient (Wildman–Crippen LogP) is 1.81. The fraction of sp³-hybridized carbons (Fsp3) is 0.720. The molecule has 3 saturated heterocycles. The number of anilines is 1. The molecule has 5 atom stereocenters. The van der Waals surface area contributed by atoms with Gasteiger partial charge in [-0.1, -0.05) is 13.8 Å². The van der Waals surface area contributed by atoms with Crippen LogP contribution >= 0.6 is 0 Å². The van der Waals surface area contributed by atoms with Crippen molar-refractivity contribution in [1.29, 1.82) is 0 Å². The van der Waals surface area contributed by atoms with E-state index in [1.54, 1.807) is 0 Å². The lowest BCUT2D eigenvalue weighted by molar-refractivity contribution is -0.141. The Hall–Kier alpha value is -2.23. The van der Waals surface area contributed by atoms with E-state index in [2.05, 4.69) is 60.4 Å². The van der Waals surface area contributed by atoms with Gasteiger partial charge in [-0.15, -0.1) is 0 Å². The van der Waals surface area contributed by atoms with E-state index >= 15 is 0 Å². The molecule has 0 bridgehead atoms. The number of hydrogen-bond donors (Lipinski definition) is 3. The smallest absolute Gasteiger partial charge is 0.229 e. The first-order valence-corrected chi connectivity index (χ1v) is 13.0. The Morgan fingerprint density at radius 3 is 2.76 bits per heavy atom. The zero-order valence-electron chi connectivity index (χ0n) is 21.0. The van der Waals surface area contributed by atoms with Crippen LogP contribution in [-0.4, -0.2) is 69.8 Å². The second-order valence-corrected chi connectivity index (χ2v) is 10.8. The van der Waals surface area contributed by atoms with E-state index in [0.717, 1.165) is 68.0 Å². The summed E-state index contributed by atoms with van der Waals surface area (Å²) in [6.45, 7) is 11.9. The predicted molar refractivity (Wildman–Crippen MR) is 134 cm³/mol. The van der Waals surface area contributed by atoms with Gasteiger partial charge < -0.3 is 20.9 Å². The lowest BCUT2D eigenvalue weighted by atomic mass is 9.91. The van der Waals surface area contributed by atoms with Crippen LogP contribution in [0, 0.1) is 18.8 Å². The molecule has 3 aliphatic heterocycles. The quantitative estimate of drug-likeness (QED) is 0.629. The number of carbonyl (C=O) groups is 1. The molecule has 5 rings (SSSR count). The van der Waals surface area contributed by atoms with Gasteiger partial charge in [0.1, 0.15) is 5.82 Å². The van der Waals surface area contributed by atoms with Crippen LogP contribution in [0.25, 0.3) is 5.65 Å². The molecule has 34 heavy (non-hydrogen) atoms. The van der Waals surface area contributed by atoms with Crippen LogP contribution in [0.3, 0.4) is 0 Å².